The molecule has 0 radical (unpaired) electrons. The largest absolute Gasteiger partial charge is 0.423 e. The highest BCUT2D eigenvalue weighted by Gasteiger charge is 2.13. The van der Waals surface area contributed by atoms with E-state index < -0.39 is 11.8 Å². The molecule has 27 heavy (non-hydrogen) atoms. The van der Waals surface area contributed by atoms with E-state index in [2.05, 4.69) is 0 Å². The summed E-state index contributed by atoms with van der Waals surface area (Å²) in [5.41, 5.74) is 1.03. The minimum atomic E-state index is -0.786. The molecule has 0 aliphatic heterocycles. The lowest BCUT2D eigenvalue weighted by Crippen LogP contribution is -2.10. The van der Waals surface area contributed by atoms with Crippen LogP contribution in [0.2, 0.25) is 5.02 Å². The number of carbonyl (C=O) groups excluding carboxylic acids is 2. The first-order chi connectivity index (χ1) is 13.0. The van der Waals surface area contributed by atoms with Crippen LogP contribution in [0.25, 0.3) is 6.08 Å². The second-order valence-corrected chi connectivity index (χ2v) is 6.08. The third kappa shape index (κ3) is 4.90. The molecule has 0 aliphatic rings. The lowest BCUT2D eigenvalue weighted by atomic mass is 10.1. The van der Waals surface area contributed by atoms with Crippen molar-refractivity contribution in [1.82, 2.24) is 0 Å². The van der Waals surface area contributed by atoms with Gasteiger partial charge in [-0.15, -0.1) is 0 Å². The van der Waals surface area contributed by atoms with E-state index in [1.807, 2.05) is 0 Å². The molecule has 0 aliphatic carbocycles. The van der Waals surface area contributed by atoms with E-state index in [0.29, 0.717) is 16.1 Å². The molecular weight excluding hydrogens is 367 g/mol. The maximum atomic E-state index is 13.7. The van der Waals surface area contributed by atoms with Crippen LogP contribution >= 0.6 is 11.6 Å². The zero-order valence-electron chi connectivity index (χ0n) is 14.1. The van der Waals surface area contributed by atoms with Crippen molar-refractivity contribution in [2.24, 2.45) is 0 Å². The van der Waals surface area contributed by atoms with Crippen molar-refractivity contribution in [3.8, 4) is 5.75 Å². The van der Waals surface area contributed by atoms with Crippen molar-refractivity contribution in [3.63, 3.8) is 0 Å². The molecular formula is C22H14ClFO3. The SMILES string of the molecule is O=C(C=Cc1cccc(OC(=O)c2ccccc2F)c1)c1ccc(Cl)cc1. The fraction of sp³-hybridized carbons (Fsp3) is 0. The Labute approximate surface area is 160 Å². The van der Waals surface area contributed by atoms with Crippen molar-refractivity contribution in [3.05, 3.63) is 106 Å². The summed E-state index contributed by atoms with van der Waals surface area (Å²) in [6, 6.07) is 18.8. The van der Waals surface area contributed by atoms with Gasteiger partial charge in [0.1, 0.15) is 11.6 Å². The molecule has 0 fully saturated rings. The third-order valence-electron chi connectivity index (χ3n) is 3.72. The second-order valence-electron chi connectivity index (χ2n) is 5.65. The third-order valence-corrected chi connectivity index (χ3v) is 3.97. The average molecular weight is 381 g/mol. The lowest BCUT2D eigenvalue weighted by molar-refractivity contribution is 0.0729. The van der Waals surface area contributed by atoms with E-state index in [1.54, 1.807) is 60.7 Å². The zero-order chi connectivity index (χ0) is 19.2. The zero-order valence-corrected chi connectivity index (χ0v) is 14.8. The molecule has 0 heterocycles. The minimum absolute atomic E-state index is 0.142. The summed E-state index contributed by atoms with van der Waals surface area (Å²) >= 11 is 5.81. The van der Waals surface area contributed by atoms with Gasteiger partial charge in [0.2, 0.25) is 0 Å². The molecule has 0 unspecified atom stereocenters. The van der Waals surface area contributed by atoms with Crippen molar-refractivity contribution >= 4 is 29.4 Å². The van der Waals surface area contributed by atoms with Crippen molar-refractivity contribution in [2.75, 3.05) is 0 Å². The summed E-state index contributed by atoms with van der Waals surface area (Å²) in [4.78, 5) is 24.2. The number of halogens is 2. The van der Waals surface area contributed by atoms with Crippen molar-refractivity contribution in [2.45, 2.75) is 0 Å². The number of benzene rings is 3. The smallest absolute Gasteiger partial charge is 0.346 e. The summed E-state index contributed by atoms with van der Waals surface area (Å²) in [6.45, 7) is 0. The van der Waals surface area contributed by atoms with Crippen LogP contribution < -0.4 is 4.74 Å². The Kier molecular flexibility index (Phi) is 5.79. The van der Waals surface area contributed by atoms with Crippen LogP contribution in [0.3, 0.4) is 0 Å². The van der Waals surface area contributed by atoms with Gasteiger partial charge in [0, 0.05) is 10.6 Å². The lowest BCUT2D eigenvalue weighted by Gasteiger charge is -2.06. The average Bonchev–Trinajstić information content (AvgIpc) is 2.67. The molecule has 0 bridgehead atoms. The van der Waals surface area contributed by atoms with Gasteiger partial charge in [0.15, 0.2) is 5.78 Å². The molecule has 0 N–H and O–H groups in total. The van der Waals surface area contributed by atoms with Crippen LogP contribution in [0.15, 0.2) is 78.9 Å². The van der Waals surface area contributed by atoms with Gasteiger partial charge in [0.25, 0.3) is 0 Å². The highest BCUT2D eigenvalue weighted by Crippen LogP contribution is 2.18. The van der Waals surface area contributed by atoms with Crippen molar-refractivity contribution < 1.29 is 18.7 Å². The quantitative estimate of drug-likeness (QED) is 0.250. The number of ketones is 1. The first kappa shape index (κ1) is 18.5. The number of rotatable bonds is 5. The molecule has 0 aromatic heterocycles. The van der Waals surface area contributed by atoms with Gasteiger partial charge in [-0.05, 0) is 60.2 Å². The molecule has 3 rings (SSSR count). The Morgan fingerprint density at radius 2 is 1.67 bits per heavy atom. The van der Waals surface area contributed by atoms with Gasteiger partial charge >= 0.3 is 5.97 Å². The Balaban J connectivity index is 1.72. The second kappa shape index (κ2) is 8.43. The molecule has 3 aromatic carbocycles. The minimum Gasteiger partial charge on any atom is -0.423 e. The first-order valence-electron chi connectivity index (χ1n) is 8.08. The van der Waals surface area contributed by atoms with Crippen LogP contribution in [0.4, 0.5) is 4.39 Å². The number of hydrogen-bond donors (Lipinski definition) is 0. The number of allylic oxidation sites excluding steroid dienone is 1. The van der Waals surface area contributed by atoms with E-state index in [9.17, 15) is 14.0 Å². The predicted molar refractivity (Wildman–Crippen MR) is 103 cm³/mol. The Hall–Kier alpha value is -3.24. The van der Waals surface area contributed by atoms with E-state index in [-0.39, 0.29) is 17.1 Å². The van der Waals surface area contributed by atoms with Crippen LogP contribution in [0.5, 0.6) is 5.75 Å². The van der Waals surface area contributed by atoms with Gasteiger partial charge in [-0.1, -0.05) is 41.9 Å². The van der Waals surface area contributed by atoms with Crippen LogP contribution in [-0.2, 0) is 0 Å². The highest BCUT2D eigenvalue weighted by molar-refractivity contribution is 6.30. The van der Waals surface area contributed by atoms with Crippen LogP contribution in [-0.4, -0.2) is 11.8 Å². The van der Waals surface area contributed by atoms with E-state index in [4.69, 9.17) is 16.3 Å². The molecule has 0 saturated carbocycles. The monoisotopic (exact) mass is 380 g/mol. The Bertz CT molecular complexity index is 1010. The topological polar surface area (TPSA) is 43.4 Å². The molecule has 3 nitrogen and oxygen atoms in total. The molecule has 3 aromatic rings. The fourth-order valence-corrected chi connectivity index (χ4v) is 2.48. The van der Waals surface area contributed by atoms with E-state index >= 15 is 0 Å². The van der Waals surface area contributed by atoms with Gasteiger partial charge in [-0.25, -0.2) is 9.18 Å². The van der Waals surface area contributed by atoms with Crippen LogP contribution in [0, 0.1) is 5.82 Å². The molecule has 0 spiro atoms. The number of ether oxygens (including phenoxy) is 1. The Morgan fingerprint density at radius 3 is 2.41 bits per heavy atom. The summed E-state index contributed by atoms with van der Waals surface area (Å²) in [6.07, 6.45) is 3.03. The standard InChI is InChI=1S/C22H14ClFO3/c23-17-11-9-16(10-12-17)21(25)13-8-15-4-3-5-18(14-15)27-22(26)19-6-1-2-7-20(19)24/h1-14H. The molecule has 0 atom stereocenters. The summed E-state index contributed by atoms with van der Waals surface area (Å²) < 4.78 is 18.9. The van der Waals surface area contributed by atoms with Gasteiger partial charge in [0.05, 0.1) is 5.56 Å². The van der Waals surface area contributed by atoms with Crippen LogP contribution in [0.1, 0.15) is 26.3 Å². The number of hydrogen-bond acceptors (Lipinski definition) is 3. The fourth-order valence-electron chi connectivity index (χ4n) is 2.35. The van der Waals surface area contributed by atoms with Crippen molar-refractivity contribution in [1.29, 1.82) is 0 Å². The summed E-state index contributed by atoms with van der Waals surface area (Å²) in [5, 5.41) is 0.555. The molecule has 5 heteroatoms. The maximum Gasteiger partial charge on any atom is 0.346 e. The number of carbonyl (C=O) groups is 2. The Morgan fingerprint density at radius 1 is 0.926 bits per heavy atom. The number of esters is 1. The predicted octanol–water partition coefficient (Wildman–Crippen LogP) is 5.59. The molecule has 134 valence electrons. The van der Waals surface area contributed by atoms with E-state index in [0.717, 1.165) is 0 Å². The first-order valence-corrected chi connectivity index (χ1v) is 8.45. The highest BCUT2D eigenvalue weighted by atomic mass is 35.5. The van der Waals surface area contributed by atoms with Gasteiger partial charge in [-0.3, -0.25) is 4.79 Å². The summed E-state index contributed by atoms with van der Waals surface area (Å²) in [7, 11) is 0. The van der Waals surface area contributed by atoms with Gasteiger partial charge in [-0.2, -0.15) is 0 Å². The van der Waals surface area contributed by atoms with Gasteiger partial charge < -0.3 is 4.74 Å². The summed E-state index contributed by atoms with van der Waals surface area (Å²) in [5.74, 6) is -1.36. The molecule has 0 saturated heterocycles. The molecule has 0 amide bonds. The normalized spacial score (nSPS) is 10.7. The van der Waals surface area contributed by atoms with E-state index in [1.165, 1.54) is 24.3 Å². The maximum absolute atomic E-state index is 13.7.